The third-order valence-electron chi connectivity index (χ3n) is 2.91. The number of nitrogens with one attached hydrogen (secondary N) is 1. The van der Waals surface area contributed by atoms with Gasteiger partial charge in [-0.15, -0.1) is 0 Å². The molecule has 1 heterocycles. The van der Waals surface area contributed by atoms with Crippen LogP contribution in [0.2, 0.25) is 0 Å². The molecular weight excluding hydrogens is 264 g/mol. The van der Waals surface area contributed by atoms with Crippen LogP contribution in [0.5, 0.6) is 5.75 Å². The lowest BCUT2D eigenvalue weighted by Gasteiger charge is -2.12. The summed E-state index contributed by atoms with van der Waals surface area (Å²) in [6, 6.07) is 4.64. The highest BCUT2D eigenvalue weighted by atomic mass is 16.7. The van der Waals surface area contributed by atoms with Crippen molar-refractivity contribution in [2.45, 2.75) is 12.7 Å². The van der Waals surface area contributed by atoms with Crippen LogP contribution in [0, 0.1) is 10.1 Å². The second-order valence-corrected chi connectivity index (χ2v) is 4.36. The molecule has 0 unspecified atom stereocenters. The predicted molar refractivity (Wildman–Crippen MR) is 71.8 cm³/mol. The quantitative estimate of drug-likeness (QED) is 0.465. The maximum absolute atomic E-state index is 11.0. The van der Waals surface area contributed by atoms with Crippen molar-refractivity contribution in [3.05, 3.63) is 33.9 Å². The average molecular weight is 282 g/mol. The molecule has 7 nitrogen and oxygen atoms in total. The lowest BCUT2D eigenvalue weighted by molar-refractivity contribution is -0.386. The Labute approximate surface area is 117 Å². The van der Waals surface area contributed by atoms with E-state index in [4.69, 9.17) is 14.2 Å². The van der Waals surface area contributed by atoms with Crippen molar-refractivity contribution in [1.29, 1.82) is 0 Å². The molecule has 2 rings (SSSR count). The van der Waals surface area contributed by atoms with Crippen LogP contribution in [0.15, 0.2) is 18.2 Å². The molecular formula is C13H18N2O5. The van der Waals surface area contributed by atoms with Gasteiger partial charge in [-0.3, -0.25) is 10.1 Å². The monoisotopic (exact) mass is 282 g/mol. The molecule has 110 valence electrons. The number of rotatable bonds is 7. The molecule has 0 atom stereocenters. The van der Waals surface area contributed by atoms with Crippen molar-refractivity contribution >= 4 is 5.69 Å². The Kier molecular flexibility index (Phi) is 5.28. The molecule has 7 heteroatoms. The number of hydrogen-bond donors (Lipinski definition) is 1. The van der Waals surface area contributed by atoms with Crippen LogP contribution >= 0.6 is 0 Å². The molecule has 1 fully saturated rings. The summed E-state index contributed by atoms with van der Waals surface area (Å²) >= 11 is 0. The van der Waals surface area contributed by atoms with Gasteiger partial charge in [-0.2, -0.15) is 0 Å². The fraction of sp³-hybridized carbons (Fsp3) is 0.538. The number of nitro benzene ring substituents is 1. The number of nitro groups is 1. The zero-order valence-corrected chi connectivity index (χ0v) is 11.3. The van der Waals surface area contributed by atoms with E-state index in [2.05, 4.69) is 5.32 Å². The third kappa shape index (κ3) is 3.66. The normalized spacial score (nSPS) is 15.4. The number of ether oxygens (including phenoxy) is 3. The van der Waals surface area contributed by atoms with E-state index in [-0.39, 0.29) is 5.69 Å². The molecule has 1 aliphatic rings. The van der Waals surface area contributed by atoms with E-state index in [1.54, 1.807) is 12.1 Å². The Balaban J connectivity index is 2.11. The van der Waals surface area contributed by atoms with Crippen LogP contribution in [-0.2, 0) is 9.47 Å². The molecule has 1 aromatic carbocycles. The Morgan fingerprint density at radius 3 is 2.85 bits per heavy atom. The molecule has 0 aliphatic carbocycles. The summed E-state index contributed by atoms with van der Waals surface area (Å²) in [7, 11) is 1.87. The van der Waals surface area contributed by atoms with Crippen molar-refractivity contribution in [2.75, 3.05) is 33.4 Å². The summed E-state index contributed by atoms with van der Waals surface area (Å²) in [5.41, 5.74) is 0.387. The summed E-state index contributed by atoms with van der Waals surface area (Å²) < 4.78 is 16.2. The van der Waals surface area contributed by atoms with Crippen LogP contribution in [0.1, 0.15) is 18.3 Å². The molecule has 0 bridgehead atoms. The third-order valence-corrected chi connectivity index (χ3v) is 2.91. The van der Waals surface area contributed by atoms with Gasteiger partial charge in [0, 0.05) is 6.07 Å². The Morgan fingerprint density at radius 2 is 2.20 bits per heavy atom. The van der Waals surface area contributed by atoms with Gasteiger partial charge in [-0.1, -0.05) is 0 Å². The van der Waals surface area contributed by atoms with Crippen molar-refractivity contribution in [1.82, 2.24) is 5.32 Å². The second-order valence-electron chi connectivity index (χ2n) is 4.36. The summed E-state index contributed by atoms with van der Waals surface area (Å²) in [4.78, 5) is 10.6. The molecule has 1 aliphatic heterocycles. The van der Waals surface area contributed by atoms with E-state index in [0.29, 0.717) is 31.1 Å². The molecule has 0 amide bonds. The van der Waals surface area contributed by atoms with Gasteiger partial charge in [0.25, 0.3) is 5.69 Å². The summed E-state index contributed by atoms with van der Waals surface area (Å²) in [5.74, 6) is 0.584. The van der Waals surface area contributed by atoms with E-state index in [1.807, 2.05) is 7.05 Å². The highest BCUT2D eigenvalue weighted by molar-refractivity contribution is 5.46. The highest BCUT2D eigenvalue weighted by Gasteiger charge is 2.27. The molecule has 0 spiro atoms. The van der Waals surface area contributed by atoms with Gasteiger partial charge in [-0.05, 0) is 32.1 Å². The lowest BCUT2D eigenvalue weighted by Crippen LogP contribution is -2.11. The van der Waals surface area contributed by atoms with Crippen LogP contribution in [0.3, 0.4) is 0 Å². The topological polar surface area (TPSA) is 82.9 Å². The largest absolute Gasteiger partial charge is 0.494 e. The summed E-state index contributed by atoms with van der Waals surface area (Å²) in [6.45, 7) is 2.28. The molecule has 1 saturated heterocycles. The SMILES string of the molecule is CNCCCOc1ccc([N+](=O)[O-])c(C2OCCO2)c1. The van der Waals surface area contributed by atoms with Crippen LogP contribution in [0.4, 0.5) is 5.69 Å². The number of hydrogen-bond acceptors (Lipinski definition) is 6. The zero-order valence-electron chi connectivity index (χ0n) is 11.3. The highest BCUT2D eigenvalue weighted by Crippen LogP contribution is 2.33. The summed E-state index contributed by atoms with van der Waals surface area (Å²) in [6.07, 6.45) is 0.176. The van der Waals surface area contributed by atoms with Gasteiger partial charge in [0.05, 0.1) is 30.3 Å². The fourth-order valence-corrected chi connectivity index (χ4v) is 1.95. The molecule has 0 aromatic heterocycles. The van der Waals surface area contributed by atoms with Crippen molar-refractivity contribution < 1.29 is 19.1 Å². The first-order valence-corrected chi connectivity index (χ1v) is 6.51. The Hall–Kier alpha value is -1.70. The molecule has 0 saturated carbocycles. The minimum Gasteiger partial charge on any atom is -0.494 e. The zero-order chi connectivity index (χ0) is 14.4. The van der Waals surface area contributed by atoms with Gasteiger partial charge < -0.3 is 19.5 Å². The van der Waals surface area contributed by atoms with E-state index >= 15 is 0 Å². The minimum absolute atomic E-state index is 0.0144. The first kappa shape index (κ1) is 14.7. The molecule has 1 N–H and O–H groups in total. The van der Waals surface area contributed by atoms with Crippen LogP contribution in [0.25, 0.3) is 0 Å². The smallest absolute Gasteiger partial charge is 0.277 e. The average Bonchev–Trinajstić information content (AvgIpc) is 2.97. The van der Waals surface area contributed by atoms with Gasteiger partial charge in [0.2, 0.25) is 0 Å². The van der Waals surface area contributed by atoms with Crippen molar-refractivity contribution in [3.8, 4) is 5.75 Å². The van der Waals surface area contributed by atoms with Gasteiger partial charge in [0.15, 0.2) is 6.29 Å². The Morgan fingerprint density at radius 1 is 1.45 bits per heavy atom. The van der Waals surface area contributed by atoms with E-state index < -0.39 is 11.2 Å². The standard InChI is InChI=1S/C13H18N2O5/c1-14-5-2-6-18-10-3-4-12(15(16)17)11(9-10)13-19-7-8-20-13/h3-4,9,13-14H,2,5-8H2,1H3. The maximum atomic E-state index is 11.0. The van der Waals surface area contributed by atoms with Gasteiger partial charge >= 0.3 is 0 Å². The van der Waals surface area contributed by atoms with Crippen LogP contribution in [-0.4, -0.2) is 38.3 Å². The lowest BCUT2D eigenvalue weighted by atomic mass is 10.1. The number of benzene rings is 1. The van der Waals surface area contributed by atoms with E-state index in [1.165, 1.54) is 6.07 Å². The van der Waals surface area contributed by atoms with E-state index in [9.17, 15) is 10.1 Å². The minimum atomic E-state index is -0.684. The van der Waals surface area contributed by atoms with Crippen molar-refractivity contribution in [2.24, 2.45) is 0 Å². The second kappa shape index (κ2) is 7.18. The number of nitrogens with zero attached hydrogens (tertiary/aromatic N) is 1. The Bertz CT molecular complexity index is 460. The van der Waals surface area contributed by atoms with Crippen molar-refractivity contribution in [3.63, 3.8) is 0 Å². The maximum Gasteiger partial charge on any atom is 0.277 e. The molecule has 1 aromatic rings. The van der Waals surface area contributed by atoms with Crippen LogP contribution < -0.4 is 10.1 Å². The van der Waals surface area contributed by atoms with Gasteiger partial charge in [0.1, 0.15) is 5.75 Å². The fourth-order valence-electron chi connectivity index (χ4n) is 1.95. The first-order valence-electron chi connectivity index (χ1n) is 6.51. The molecule has 20 heavy (non-hydrogen) atoms. The summed E-state index contributed by atoms with van der Waals surface area (Å²) in [5, 5.41) is 14.1. The predicted octanol–water partition coefficient (Wildman–Crippen LogP) is 1.63. The van der Waals surface area contributed by atoms with Gasteiger partial charge in [-0.25, -0.2) is 0 Å². The first-order chi connectivity index (χ1) is 9.72. The van der Waals surface area contributed by atoms with E-state index in [0.717, 1.165) is 13.0 Å². The molecule has 0 radical (unpaired) electrons.